The van der Waals surface area contributed by atoms with Gasteiger partial charge in [0.05, 0.1) is 6.54 Å². The first-order chi connectivity index (χ1) is 9.88. The van der Waals surface area contributed by atoms with E-state index in [1.165, 1.54) is 18.2 Å². The van der Waals surface area contributed by atoms with Gasteiger partial charge in [0.15, 0.2) is 6.10 Å². The van der Waals surface area contributed by atoms with Gasteiger partial charge in [-0.05, 0) is 17.3 Å². The molecule has 21 heavy (non-hydrogen) atoms. The number of rotatable bonds is 4. The molecule has 1 aromatic carbocycles. The maximum Gasteiger partial charge on any atom is 0.416 e. The molecule has 0 fully saturated rings. The van der Waals surface area contributed by atoms with E-state index in [-0.39, 0.29) is 11.4 Å². The van der Waals surface area contributed by atoms with Crippen LogP contribution in [0.3, 0.4) is 0 Å². The average molecular weight is 301 g/mol. The molecule has 3 N–H and O–H groups in total. The van der Waals surface area contributed by atoms with Crippen LogP contribution in [0.2, 0.25) is 0 Å². The Hall–Kier alpha value is -2.49. The molecular formula is C11H10F3N5O2. The Kier molecular flexibility index (Phi) is 4.17. The van der Waals surface area contributed by atoms with Gasteiger partial charge in [-0.2, -0.15) is 18.4 Å². The van der Waals surface area contributed by atoms with Gasteiger partial charge in [0.1, 0.15) is 0 Å². The predicted molar refractivity (Wildman–Crippen MR) is 64.0 cm³/mol. The van der Waals surface area contributed by atoms with Crippen LogP contribution in [0.15, 0.2) is 24.3 Å². The zero-order valence-electron chi connectivity index (χ0n) is 10.4. The first kappa shape index (κ1) is 14.9. The van der Waals surface area contributed by atoms with Crippen LogP contribution in [0.1, 0.15) is 10.4 Å². The summed E-state index contributed by atoms with van der Waals surface area (Å²) in [6.45, 7) is -0.922. The van der Waals surface area contributed by atoms with Gasteiger partial charge in [0.2, 0.25) is 5.82 Å². The number of nitrogens with zero attached hydrogens (tertiary/aromatic N) is 3. The first-order valence-electron chi connectivity index (χ1n) is 5.75. The lowest BCUT2D eigenvalue weighted by molar-refractivity contribution is -0.201. The predicted octanol–water partition coefficient (Wildman–Crippen LogP) is 0.520. The van der Waals surface area contributed by atoms with Gasteiger partial charge in [-0.15, -0.1) is 10.2 Å². The summed E-state index contributed by atoms with van der Waals surface area (Å²) in [5.41, 5.74) is 0.597. The second-order valence-corrected chi connectivity index (χ2v) is 4.08. The van der Waals surface area contributed by atoms with Gasteiger partial charge in [-0.25, -0.2) is 0 Å². The van der Waals surface area contributed by atoms with Crippen LogP contribution in [0, 0.1) is 0 Å². The van der Waals surface area contributed by atoms with E-state index in [2.05, 4.69) is 20.6 Å². The van der Waals surface area contributed by atoms with Gasteiger partial charge in [0.25, 0.3) is 5.91 Å². The highest BCUT2D eigenvalue weighted by Gasteiger charge is 2.38. The van der Waals surface area contributed by atoms with Crippen molar-refractivity contribution in [1.82, 2.24) is 25.9 Å². The smallest absolute Gasteiger partial charge is 0.382 e. The summed E-state index contributed by atoms with van der Waals surface area (Å²) >= 11 is 0. The van der Waals surface area contributed by atoms with Crippen LogP contribution in [-0.2, 0) is 0 Å². The van der Waals surface area contributed by atoms with Crippen LogP contribution in [0.5, 0.6) is 0 Å². The third kappa shape index (κ3) is 3.75. The van der Waals surface area contributed by atoms with Crippen LogP contribution in [-0.4, -0.2) is 50.5 Å². The summed E-state index contributed by atoms with van der Waals surface area (Å²) in [6.07, 6.45) is -7.39. The molecule has 0 aliphatic rings. The monoisotopic (exact) mass is 301 g/mol. The summed E-state index contributed by atoms with van der Waals surface area (Å²) in [6, 6.07) is 5.96. The maximum absolute atomic E-state index is 12.1. The average Bonchev–Trinajstić information content (AvgIpc) is 2.97. The van der Waals surface area contributed by atoms with Crippen LogP contribution in [0.4, 0.5) is 13.2 Å². The van der Waals surface area contributed by atoms with Gasteiger partial charge >= 0.3 is 6.18 Å². The third-order valence-corrected chi connectivity index (χ3v) is 2.56. The minimum absolute atomic E-state index is 0.117. The van der Waals surface area contributed by atoms with E-state index < -0.39 is 24.7 Å². The number of aliphatic hydroxyl groups is 1. The molecule has 0 aliphatic heterocycles. The number of hydrogen-bond donors (Lipinski definition) is 3. The van der Waals surface area contributed by atoms with Crippen molar-refractivity contribution in [3.05, 3.63) is 29.8 Å². The molecule has 1 unspecified atom stereocenters. The molecule has 0 spiro atoms. The van der Waals surface area contributed by atoms with Crippen molar-refractivity contribution < 1.29 is 23.1 Å². The minimum Gasteiger partial charge on any atom is -0.382 e. The topological polar surface area (TPSA) is 104 Å². The molecule has 1 aromatic heterocycles. The van der Waals surface area contributed by atoms with Crippen molar-refractivity contribution in [2.45, 2.75) is 12.3 Å². The van der Waals surface area contributed by atoms with E-state index in [4.69, 9.17) is 5.11 Å². The fourth-order valence-electron chi connectivity index (χ4n) is 1.49. The van der Waals surface area contributed by atoms with Crippen LogP contribution < -0.4 is 5.32 Å². The third-order valence-electron chi connectivity index (χ3n) is 2.56. The Balaban J connectivity index is 2.05. The lowest BCUT2D eigenvalue weighted by atomic mass is 10.1. The molecule has 0 radical (unpaired) electrons. The van der Waals surface area contributed by atoms with Crippen molar-refractivity contribution in [3.8, 4) is 11.4 Å². The highest BCUT2D eigenvalue weighted by Crippen LogP contribution is 2.19. The summed E-state index contributed by atoms with van der Waals surface area (Å²) in [5, 5.41) is 23.9. The van der Waals surface area contributed by atoms with Crippen LogP contribution in [0.25, 0.3) is 11.4 Å². The van der Waals surface area contributed by atoms with Crippen molar-refractivity contribution >= 4 is 5.91 Å². The number of aromatic nitrogens is 4. The lowest BCUT2D eigenvalue weighted by Crippen LogP contribution is -2.40. The SMILES string of the molecule is O=C(NCC(O)C(F)(F)F)c1cccc(-c2nn[nH]n2)c1. The number of alkyl halides is 3. The standard InChI is InChI=1S/C11H10F3N5O2/c12-11(13,14)8(20)5-15-10(21)7-3-1-2-6(4-7)9-16-18-19-17-9/h1-4,8,20H,5H2,(H,15,21)(H,16,17,18,19). The first-order valence-corrected chi connectivity index (χ1v) is 5.75. The number of halogens is 3. The molecule has 0 saturated heterocycles. The summed E-state index contributed by atoms with van der Waals surface area (Å²) < 4.78 is 36.4. The Morgan fingerprint density at radius 1 is 1.43 bits per heavy atom. The van der Waals surface area contributed by atoms with Crippen molar-refractivity contribution in [2.24, 2.45) is 0 Å². The second-order valence-electron chi connectivity index (χ2n) is 4.08. The normalized spacial score (nSPS) is 13.0. The number of benzene rings is 1. The van der Waals surface area contributed by atoms with Gasteiger partial charge in [0, 0.05) is 11.1 Å². The number of hydrogen-bond acceptors (Lipinski definition) is 5. The van der Waals surface area contributed by atoms with Crippen LogP contribution >= 0.6 is 0 Å². The Morgan fingerprint density at radius 2 is 2.19 bits per heavy atom. The second kappa shape index (κ2) is 5.87. The number of aromatic amines is 1. The number of tetrazole rings is 1. The quantitative estimate of drug-likeness (QED) is 0.764. The van der Waals surface area contributed by atoms with E-state index in [1.807, 2.05) is 5.32 Å². The summed E-state index contributed by atoms with van der Waals surface area (Å²) in [7, 11) is 0. The Labute approximate surface area is 116 Å². The zero-order valence-corrected chi connectivity index (χ0v) is 10.4. The van der Waals surface area contributed by atoms with E-state index in [9.17, 15) is 18.0 Å². The summed E-state index contributed by atoms with van der Waals surface area (Å²) in [5.74, 6) is -0.497. The van der Waals surface area contributed by atoms with Crippen molar-refractivity contribution in [2.75, 3.05) is 6.54 Å². The van der Waals surface area contributed by atoms with E-state index in [0.29, 0.717) is 5.56 Å². The fourth-order valence-corrected chi connectivity index (χ4v) is 1.49. The van der Waals surface area contributed by atoms with Gasteiger partial charge in [-0.1, -0.05) is 12.1 Å². The highest BCUT2D eigenvalue weighted by molar-refractivity contribution is 5.95. The molecular weight excluding hydrogens is 291 g/mol. The highest BCUT2D eigenvalue weighted by atomic mass is 19.4. The largest absolute Gasteiger partial charge is 0.416 e. The molecule has 0 aliphatic carbocycles. The lowest BCUT2D eigenvalue weighted by Gasteiger charge is -2.15. The summed E-state index contributed by atoms with van der Waals surface area (Å²) in [4.78, 5) is 11.7. The molecule has 7 nitrogen and oxygen atoms in total. The number of amides is 1. The zero-order chi connectivity index (χ0) is 15.5. The molecule has 112 valence electrons. The molecule has 2 aromatic rings. The molecule has 0 saturated carbocycles. The molecule has 0 bridgehead atoms. The Bertz CT molecular complexity index is 615. The number of nitrogens with one attached hydrogen (secondary N) is 2. The molecule has 1 heterocycles. The number of carbonyl (C=O) groups excluding carboxylic acids is 1. The minimum atomic E-state index is -4.78. The molecule has 2 rings (SSSR count). The molecule has 1 amide bonds. The number of H-pyrrole nitrogens is 1. The van der Waals surface area contributed by atoms with Crippen molar-refractivity contribution in [3.63, 3.8) is 0 Å². The van der Waals surface area contributed by atoms with E-state index >= 15 is 0 Å². The fraction of sp³-hybridized carbons (Fsp3) is 0.273. The number of aliphatic hydroxyl groups excluding tert-OH is 1. The van der Waals surface area contributed by atoms with Gasteiger partial charge in [-0.3, -0.25) is 4.79 Å². The number of carbonyl (C=O) groups is 1. The molecule has 1 atom stereocenters. The molecule has 10 heteroatoms. The van der Waals surface area contributed by atoms with E-state index in [1.54, 1.807) is 6.07 Å². The maximum atomic E-state index is 12.1. The van der Waals surface area contributed by atoms with E-state index in [0.717, 1.165) is 0 Å². The Morgan fingerprint density at radius 3 is 2.81 bits per heavy atom. The van der Waals surface area contributed by atoms with Crippen molar-refractivity contribution in [1.29, 1.82) is 0 Å². The van der Waals surface area contributed by atoms with Gasteiger partial charge < -0.3 is 10.4 Å².